The van der Waals surface area contributed by atoms with Gasteiger partial charge >= 0.3 is 0 Å². The molecule has 1 aliphatic rings. The molecular formula is C11H15N3O. The lowest BCUT2D eigenvalue weighted by atomic mass is 10.3. The molecule has 4 heteroatoms. The SMILES string of the molecule is C=CCOC1CCN(c2cnccn2)C1. The number of anilines is 1. The van der Waals surface area contributed by atoms with E-state index in [9.17, 15) is 0 Å². The van der Waals surface area contributed by atoms with Crippen LogP contribution in [0.15, 0.2) is 31.2 Å². The number of rotatable bonds is 4. The van der Waals surface area contributed by atoms with E-state index in [0.29, 0.717) is 12.7 Å². The van der Waals surface area contributed by atoms with E-state index in [4.69, 9.17) is 4.74 Å². The second-order valence-electron chi connectivity index (χ2n) is 3.54. The van der Waals surface area contributed by atoms with Gasteiger partial charge in [0.2, 0.25) is 0 Å². The molecule has 1 aromatic heterocycles. The molecule has 80 valence electrons. The quantitative estimate of drug-likeness (QED) is 0.693. The Balaban J connectivity index is 1.90. The third kappa shape index (κ3) is 2.53. The zero-order valence-corrected chi connectivity index (χ0v) is 8.67. The Morgan fingerprint density at radius 3 is 3.27 bits per heavy atom. The Morgan fingerprint density at radius 1 is 1.60 bits per heavy atom. The summed E-state index contributed by atoms with van der Waals surface area (Å²) < 4.78 is 5.60. The van der Waals surface area contributed by atoms with E-state index in [1.165, 1.54) is 0 Å². The normalized spacial score (nSPS) is 20.5. The van der Waals surface area contributed by atoms with E-state index in [1.807, 2.05) is 0 Å². The third-order valence-electron chi connectivity index (χ3n) is 2.47. The fourth-order valence-corrected chi connectivity index (χ4v) is 1.73. The van der Waals surface area contributed by atoms with Crippen LogP contribution in [-0.2, 0) is 4.74 Å². The van der Waals surface area contributed by atoms with Gasteiger partial charge in [0.15, 0.2) is 0 Å². The van der Waals surface area contributed by atoms with Crippen molar-refractivity contribution < 1.29 is 4.74 Å². The van der Waals surface area contributed by atoms with Crippen molar-refractivity contribution in [2.75, 3.05) is 24.6 Å². The summed E-state index contributed by atoms with van der Waals surface area (Å²) in [5.74, 6) is 0.933. The maximum absolute atomic E-state index is 5.60. The maximum Gasteiger partial charge on any atom is 0.147 e. The smallest absolute Gasteiger partial charge is 0.147 e. The predicted octanol–water partition coefficient (Wildman–Crippen LogP) is 1.26. The molecule has 0 radical (unpaired) electrons. The lowest BCUT2D eigenvalue weighted by molar-refractivity contribution is 0.0909. The summed E-state index contributed by atoms with van der Waals surface area (Å²) in [4.78, 5) is 10.5. The standard InChI is InChI=1S/C11H15N3O/c1-2-7-15-10-3-6-14(9-10)11-8-12-4-5-13-11/h2,4-5,8,10H,1,3,6-7,9H2. The molecule has 4 nitrogen and oxygen atoms in total. The van der Waals surface area contributed by atoms with Crippen LogP contribution >= 0.6 is 0 Å². The molecule has 0 aromatic carbocycles. The highest BCUT2D eigenvalue weighted by molar-refractivity contribution is 5.36. The molecule has 1 unspecified atom stereocenters. The summed E-state index contributed by atoms with van der Waals surface area (Å²) in [5.41, 5.74) is 0. The molecule has 1 saturated heterocycles. The first kappa shape index (κ1) is 10.1. The zero-order chi connectivity index (χ0) is 10.5. The van der Waals surface area contributed by atoms with Crippen molar-refractivity contribution in [3.05, 3.63) is 31.2 Å². The Kier molecular flexibility index (Phi) is 3.29. The summed E-state index contributed by atoms with van der Waals surface area (Å²) in [6.07, 6.45) is 8.31. The van der Waals surface area contributed by atoms with Gasteiger partial charge < -0.3 is 9.64 Å². The van der Waals surface area contributed by atoms with E-state index in [-0.39, 0.29) is 0 Å². The molecule has 1 aromatic rings. The van der Waals surface area contributed by atoms with Crippen LogP contribution in [0.3, 0.4) is 0 Å². The molecule has 0 bridgehead atoms. The van der Waals surface area contributed by atoms with E-state index < -0.39 is 0 Å². The molecule has 0 amide bonds. The third-order valence-corrected chi connectivity index (χ3v) is 2.47. The van der Waals surface area contributed by atoms with Crippen LogP contribution < -0.4 is 4.90 Å². The van der Waals surface area contributed by atoms with Crippen LogP contribution in [-0.4, -0.2) is 35.8 Å². The van der Waals surface area contributed by atoms with Crippen molar-refractivity contribution in [1.29, 1.82) is 0 Å². The Hall–Kier alpha value is -1.42. The van der Waals surface area contributed by atoms with Crippen molar-refractivity contribution in [3.63, 3.8) is 0 Å². The summed E-state index contributed by atoms with van der Waals surface area (Å²) >= 11 is 0. The van der Waals surface area contributed by atoms with Gasteiger partial charge in [-0.05, 0) is 6.42 Å². The average Bonchev–Trinajstić information content (AvgIpc) is 2.76. The molecule has 1 atom stereocenters. The van der Waals surface area contributed by atoms with Crippen molar-refractivity contribution in [1.82, 2.24) is 9.97 Å². The van der Waals surface area contributed by atoms with E-state index in [1.54, 1.807) is 24.7 Å². The van der Waals surface area contributed by atoms with E-state index >= 15 is 0 Å². The molecule has 2 heterocycles. The van der Waals surface area contributed by atoms with Crippen LogP contribution in [0.4, 0.5) is 5.82 Å². The Bertz CT molecular complexity index is 315. The topological polar surface area (TPSA) is 38.2 Å². The van der Waals surface area contributed by atoms with E-state index in [2.05, 4.69) is 21.4 Å². The van der Waals surface area contributed by atoms with Gasteiger partial charge in [-0.3, -0.25) is 4.98 Å². The molecule has 15 heavy (non-hydrogen) atoms. The minimum absolute atomic E-state index is 0.296. The second kappa shape index (κ2) is 4.89. The summed E-state index contributed by atoms with van der Waals surface area (Å²) in [6, 6.07) is 0. The second-order valence-corrected chi connectivity index (χ2v) is 3.54. The summed E-state index contributed by atoms with van der Waals surface area (Å²) in [6.45, 7) is 6.14. The number of hydrogen-bond acceptors (Lipinski definition) is 4. The first-order valence-corrected chi connectivity index (χ1v) is 5.13. The predicted molar refractivity (Wildman–Crippen MR) is 58.8 cm³/mol. The Morgan fingerprint density at radius 2 is 2.53 bits per heavy atom. The molecular weight excluding hydrogens is 190 g/mol. The van der Waals surface area contributed by atoms with Crippen LogP contribution in [0.2, 0.25) is 0 Å². The van der Waals surface area contributed by atoms with Gasteiger partial charge in [-0.2, -0.15) is 0 Å². The maximum atomic E-state index is 5.60. The van der Waals surface area contributed by atoms with Crippen LogP contribution in [0.25, 0.3) is 0 Å². The van der Waals surface area contributed by atoms with Gasteiger partial charge in [0.05, 0.1) is 18.9 Å². The van der Waals surface area contributed by atoms with Gasteiger partial charge in [-0.15, -0.1) is 6.58 Å². The van der Waals surface area contributed by atoms with E-state index in [0.717, 1.165) is 25.3 Å². The molecule has 1 aliphatic heterocycles. The fraction of sp³-hybridized carbons (Fsp3) is 0.455. The van der Waals surface area contributed by atoms with Gasteiger partial charge in [-0.25, -0.2) is 4.98 Å². The minimum atomic E-state index is 0.296. The van der Waals surface area contributed by atoms with Gasteiger partial charge in [0.25, 0.3) is 0 Å². The number of ether oxygens (including phenoxy) is 1. The van der Waals surface area contributed by atoms with Gasteiger partial charge in [0, 0.05) is 25.5 Å². The highest BCUT2D eigenvalue weighted by Crippen LogP contribution is 2.18. The van der Waals surface area contributed by atoms with Crippen molar-refractivity contribution in [2.24, 2.45) is 0 Å². The van der Waals surface area contributed by atoms with Crippen molar-refractivity contribution in [3.8, 4) is 0 Å². The van der Waals surface area contributed by atoms with Crippen molar-refractivity contribution >= 4 is 5.82 Å². The highest BCUT2D eigenvalue weighted by Gasteiger charge is 2.23. The molecule has 0 N–H and O–H groups in total. The lowest BCUT2D eigenvalue weighted by Gasteiger charge is -2.16. The first-order chi connectivity index (χ1) is 7.40. The van der Waals surface area contributed by atoms with Crippen molar-refractivity contribution in [2.45, 2.75) is 12.5 Å². The summed E-state index contributed by atoms with van der Waals surface area (Å²) in [5, 5.41) is 0. The molecule has 0 saturated carbocycles. The zero-order valence-electron chi connectivity index (χ0n) is 8.67. The largest absolute Gasteiger partial charge is 0.372 e. The Labute approximate surface area is 89.6 Å². The number of nitrogens with zero attached hydrogens (tertiary/aromatic N) is 3. The summed E-state index contributed by atoms with van der Waals surface area (Å²) in [7, 11) is 0. The lowest BCUT2D eigenvalue weighted by Crippen LogP contribution is -2.23. The molecule has 0 spiro atoms. The van der Waals surface area contributed by atoms with Crippen LogP contribution in [0.5, 0.6) is 0 Å². The van der Waals surface area contributed by atoms with Crippen LogP contribution in [0.1, 0.15) is 6.42 Å². The van der Waals surface area contributed by atoms with Gasteiger partial charge in [-0.1, -0.05) is 6.08 Å². The fourth-order valence-electron chi connectivity index (χ4n) is 1.73. The highest BCUT2D eigenvalue weighted by atomic mass is 16.5. The average molecular weight is 205 g/mol. The molecule has 2 rings (SSSR count). The molecule has 1 fully saturated rings. The first-order valence-electron chi connectivity index (χ1n) is 5.13. The monoisotopic (exact) mass is 205 g/mol. The number of hydrogen-bond donors (Lipinski definition) is 0. The van der Waals surface area contributed by atoms with Gasteiger partial charge in [0.1, 0.15) is 5.82 Å². The molecule has 0 aliphatic carbocycles. The van der Waals surface area contributed by atoms with Crippen LogP contribution in [0, 0.1) is 0 Å². The minimum Gasteiger partial charge on any atom is -0.372 e. The number of aromatic nitrogens is 2.